The predicted molar refractivity (Wildman–Crippen MR) is 81.4 cm³/mol. The van der Waals surface area contributed by atoms with Crippen molar-refractivity contribution in [1.29, 1.82) is 0 Å². The average molecular weight is 286 g/mol. The van der Waals surface area contributed by atoms with Crippen molar-refractivity contribution in [3.8, 4) is 0 Å². The number of hydrogen-bond donors (Lipinski definition) is 2. The van der Waals surface area contributed by atoms with E-state index in [1.807, 2.05) is 6.92 Å². The lowest BCUT2D eigenvalue weighted by Gasteiger charge is -2.08. The van der Waals surface area contributed by atoms with Crippen LogP contribution in [0.2, 0.25) is 0 Å². The van der Waals surface area contributed by atoms with E-state index in [4.69, 9.17) is 0 Å². The van der Waals surface area contributed by atoms with Crippen molar-refractivity contribution in [3.63, 3.8) is 0 Å². The molecule has 0 atom stereocenters. The van der Waals surface area contributed by atoms with E-state index in [9.17, 15) is 9.59 Å². The first kappa shape index (κ1) is 14.8. The van der Waals surface area contributed by atoms with Gasteiger partial charge in [0.25, 0.3) is 5.91 Å². The molecule has 21 heavy (non-hydrogen) atoms. The van der Waals surface area contributed by atoms with Crippen molar-refractivity contribution in [1.82, 2.24) is 9.78 Å². The molecular weight excluding hydrogens is 268 g/mol. The summed E-state index contributed by atoms with van der Waals surface area (Å²) in [4.78, 5) is 23.4. The molecule has 0 bridgehead atoms. The van der Waals surface area contributed by atoms with Crippen molar-refractivity contribution in [2.45, 2.75) is 20.8 Å². The fraction of sp³-hybridized carbons (Fsp3) is 0.267. The SMILES string of the molecule is CC(=O)Nc1cccc(NC(=O)c2c(C)nn(C)c2C)c1. The highest BCUT2D eigenvalue weighted by atomic mass is 16.2. The van der Waals surface area contributed by atoms with Crippen molar-refractivity contribution >= 4 is 23.2 Å². The van der Waals surface area contributed by atoms with Gasteiger partial charge in [-0.05, 0) is 32.0 Å². The first-order valence-electron chi connectivity index (χ1n) is 6.57. The van der Waals surface area contributed by atoms with Gasteiger partial charge in [0.05, 0.1) is 11.3 Å². The number of amides is 2. The second-order valence-corrected chi connectivity index (χ2v) is 4.89. The maximum Gasteiger partial charge on any atom is 0.259 e. The Morgan fingerprint density at radius 1 is 1.14 bits per heavy atom. The minimum absolute atomic E-state index is 0.155. The van der Waals surface area contributed by atoms with Crippen LogP contribution >= 0.6 is 0 Å². The van der Waals surface area contributed by atoms with Crippen molar-refractivity contribution in [3.05, 3.63) is 41.2 Å². The Balaban J connectivity index is 2.21. The first-order valence-corrected chi connectivity index (χ1v) is 6.57. The smallest absolute Gasteiger partial charge is 0.259 e. The fourth-order valence-electron chi connectivity index (χ4n) is 2.17. The zero-order valence-electron chi connectivity index (χ0n) is 12.5. The monoisotopic (exact) mass is 286 g/mol. The third kappa shape index (κ3) is 3.28. The van der Waals surface area contributed by atoms with Crippen molar-refractivity contribution in [2.75, 3.05) is 10.6 Å². The van der Waals surface area contributed by atoms with Crippen LogP contribution in [0.4, 0.5) is 11.4 Å². The molecule has 0 unspecified atom stereocenters. The number of nitrogens with zero attached hydrogens (tertiary/aromatic N) is 2. The first-order chi connectivity index (χ1) is 9.88. The van der Waals surface area contributed by atoms with E-state index in [0.717, 1.165) is 5.69 Å². The van der Waals surface area contributed by atoms with Gasteiger partial charge in [-0.25, -0.2) is 0 Å². The molecule has 0 saturated carbocycles. The molecule has 0 aliphatic rings. The van der Waals surface area contributed by atoms with Crippen LogP contribution < -0.4 is 10.6 Å². The van der Waals surface area contributed by atoms with Gasteiger partial charge >= 0.3 is 0 Å². The van der Waals surface area contributed by atoms with E-state index < -0.39 is 0 Å². The van der Waals surface area contributed by atoms with Gasteiger partial charge < -0.3 is 10.6 Å². The van der Waals surface area contributed by atoms with E-state index in [1.54, 1.807) is 42.9 Å². The van der Waals surface area contributed by atoms with Gasteiger partial charge in [0.1, 0.15) is 0 Å². The maximum atomic E-state index is 12.4. The molecule has 2 rings (SSSR count). The van der Waals surface area contributed by atoms with Gasteiger partial charge in [-0.1, -0.05) is 6.07 Å². The molecule has 2 amide bonds. The maximum absolute atomic E-state index is 12.4. The molecule has 0 spiro atoms. The number of aryl methyl sites for hydroxylation is 2. The number of benzene rings is 1. The van der Waals surface area contributed by atoms with E-state index in [1.165, 1.54) is 6.92 Å². The molecule has 0 aliphatic carbocycles. The predicted octanol–water partition coefficient (Wildman–Crippen LogP) is 2.25. The van der Waals surface area contributed by atoms with Gasteiger partial charge in [-0.3, -0.25) is 14.3 Å². The molecule has 1 aromatic carbocycles. The molecule has 1 heterocycles. The number of rotatable bonds is 3. The van der Waals surface area contributed by atoms with E-state index in [0.29, 0.717) is 22.6 Å². The molecule has 0 aliphatic heterocycles. The molecule has 110 valence electrons. The summed E-state index contributed by atoms with van der Waals surface area (Å²) in [5.74, 6) is -0.365. The number of carbonyl (C=O) groups excluding carboxylic acids is 2. The summed E-state index contributed by atoms with van der Waals surface area (Å²) in [6, 6.07) is 7.01. The summed E-state index contributed by atoms with van der Waals surface area (Å²) >= 11 is 0. The molecule has 0 radical (unpaired) electrons. The van der Waals surface area contributed by atoms with Crippen LogP contribution in [0.1, 0.15) is 28.7 Å². The molecule has 2 N–H and O–H groups in total. The van der Waals surface area contributed by atoms with Crippen LogP contribution in [-0.4, -0.2) is 21.6 Å². The van der Waals surface area contributed by atoms with Crippen LogP contribution in [0, 0.1) is 13.8 Å². The summed E-state index contributed by atoms with van der Waals surface area (Å²) in [5.41, 5.74) is 3.32. The summed E-state index contributed by atoms with van der Waals surface area (Å²) in [6.07, 6.45) is 0. The number of nitrogens with one attached hydrogen (secondary N) is 2. The molecule has 0 fully saturated rings. The minimum Gasteiger partial charge on any atom is -0.326 e. The Labute approximate surface area is 123 Å². The van der Waals surface area contributed by atoms with Crippen molar-refractivity contribution < 1.29 is 9.59 Å². The highest BCUT2D eigenvalue weighted by molar-refractivity contribution is 6.06. The topological polar surface area (TPSA) is 76.0 Å². The molecular formula is C15H18N4O2. The lowest BCUT2D eigenvalue weighted by molar-refractivity contribution is -0.114. The number of anilines is 2. The number of hydrogen-bond acceptors (Lipinski definition) is 3. The second kappa shape index (κ2) is 5.78. The van der Waals surface area contributed by atoms with Crippen LogP contribution in [0.15, 0.2) is 24.3 Å². The number of carbonyl (C=O) groups is 2. The highest BCUT2D eigenvalue weighted by Crippen LogP contribution is 2.18. The normalized spacial score (nSPS) is 10.3. The fourth-order valence-corrected chi connectivity index (χ4v) is 2.17. The van der Waals surface area contributed by atoms with E-state index in [-0.39, 0.29) is 11.8 Å². The third-order valence-electron chi connectivity index (χ3n) is 3.18. The molecule has 6 nitrogen and oxygen atoms in total. The molecule has 6 heteroatoms. The van der Waals surface area contributed by atoms with Crippen LogP contribution in [-0.2, 0) is 11.8 Å². The Morgan fingerprint density at radius 2 is 1.76 bits per heavy atom. The van der Waals surface area contributed by atoms with E-state index in [2.05, 4.69) is 15.7 Å². The summed E-state index contributed by atoms with van der Waals surface area (Å²) in [6.45, 7) is 5.09. The van der Waals surface area contributed by atoms with Gasteiger partial charge in [0.2, 0.25) is 5.91 Å². The summed E-state index contributed by atoms with van der Waals surface area (Å²) in [7, 11) is 1.80. The second-order valence-electron chi connectivity index (χ2n) is 4.89. The average Bonchev–Trinajstić information content (AvgIpc) is 2.62. The largest absolute Gasteiger partial charge is 0.326 e. The zero-order valence-corrected chi connectivity index (χ0v) is 12.5. The Morgan fingerprint density at radius 3 is 2.29 bits per heavy atom. The third-order valence-corrected chi connectivity index (χ3v) is 3.18. The Bertz CT molecular complexity index is 704. The summed E-state index contributed by atoms with van der Waals surface area (Å²) < 4.78 is 1.68. The summed E-state index contributed by atoms with van der Waals surface area (Å²) in [5, 5.41) is 9.73. The lowest BCUT2D eigenvalue weighted by atomic mass is 10.1. The van der Waals surface area contributed by atoms with Gasteiger partial charge in [-0.2, -0.15) is 5.10 Å². The lowest BCUT2D eigenvalue weighted by Crippen LogP contribution is -2.14. The highest BCUT2D eigenvalue weighted by Gasteiger charge is 2.17. The molecule has 1 aromatic heterocycles. The Kier molecular flexibility index (Phi) is 4.07. The van der Waals surface area contributed by atoms with E-state index >= 15 is 0 Å². The van der Waals surface area contributed by atoms with Gasteiger partial charge in [0.15, 0.2) is 0 Å². The van der Waals surface area contributed by atoms with Gasteiger partial charge in [0, 0.05) is 31.0 Å². The van der Waals surface area contributed by atoms with Crippen molar-refractivity contribution in [2.24, 2.45) is 7.05 Å². The zero-order chi connectivity index (χ0) is 15.6. The van der Waals surface area contributed by atoms with Gasteiger partial charge in [-0.15, -0.1) is 0 Å². The Hall–Kier alpha value is -2.63. The number of aromatic nitrogens is 2. The molecule has 2 aromatic rings. The van der Waals surface area contributed by atoms with Crippen LogP contribution in [0.25, 0.3) is 0 Å². The minimum atomic E-state index is -0.210. The molecule has 0 saturated heterocycles. The van der Waals surface area contributed by atoms with Crippen LogP contribution in [0.5, 0.6) is 0 Å². The quantitative estimate of drug-likeness (QED) is 0.908. The standard InChI is InChI=1S/C15H18N4O2/c1-9-14(10(2)19(4)18-9)15(21)17-13-7-5-6-12(8-13)16-11(3)20/h5-8H,1-4H3,(H,16,20)(H,17,21). The van der Waals surface area contributed by atoms with Crippen LogP contribution in [0.3, 0.4) is 0 Å².